The largest absolute Gasteiger partial charge is 0.352 e. The Bertz CT molecular complexity index is 806. The Labute approximate surface area is 145 Å². The minimum atomic E-state index is 0.674. The van der Waals surface area contributed by atoms with Crippen molar-refractivity contribution >= 4 is 17.3 Å². The second kappa shape index (κ2) is 7.74. The summed E-state index contributed by atoms with van der Waals surface area (Å²) in [6.45, 7) is 3.57. The first-order valence-electron chi connectivity index (χ1n) is 7.67. The van der Waals surface area contributed by atoms with Crippen molar-refractivity contribution in [2.75, 3.05) is 7.05 Å². The number of hydrogen-bond donors (Lipinski definition) is 2. The van der Waals surface area contributed by atoms with Gasteiger partial charge in [0.2, 0.25) is 0 Å². The van der Waals surface area contributed by atoms with E-state index in [0.717, 1.165) is 23.9 Å². The highest BCUT2D eigenvalue weighted by Gasteiger charge is 2.04. The molecule has 0 aromatic carbocycles. The van der Waals surface area contributed by atoms with Crippen molar-refractivity contribution in [2.45, 2.75) is 20.0 Å². The van der Waals surface area contributed by atoms with E-state index in [1.807, 2.05) is 22.9 Å². The summed E-state index contributed by atoms with van der Waals surface area (Å²) in [6, 6.07) is 6.15. The quantitative estimate of drug-likeness (QED) is 0.553. The molecule has 6 nitrogen and oxygen atoms in total. The van der Waals surface area contributed by atoms with Crippen LogP contribution in [0, 0.1) is 6.92 Å². The molecule has 0 aliphatic rings. The summed E-state index contributed by atoms with van der Waals surface area (Å²) in [5.74, 6) is 1.63. The molecule has 0 saturated carbocycles. The molecule has 24 heavy (non-hydrogen) atoms. The van der Waals surface area contributed by atoms with Crippen molar-refractivity contribution in [3.8, 4) is 5.82 Å². The molecule has 0 aliphatic heterocycles. The van der Waals surface area contributed by atoms with E-state index < -0.39 is 0 Å². The van der Waals surface area contributed by atoms with Crippen LogP contribution in [0.25, 0.3) is 5.82 Å². The van der Waals surface area contributed by atoms with E-state index in [9.17, 15) is 0 Å². The van der Waals surface area contributed by atoms with Crippen LogP contribution in [0.2, 0.25) is 0 Å². The van der Waals surface area contributed by atoms with Gasteiger partial charge in [0.05, 0.1) is 6.54 Å². The molecule has 0 amide bonds. The third-order valence-corrected chi connectivity index (χ3v) is 4.67. The third-order valence-electron chi connectivity index (χ3n) is 3.65. The molecule has 0 radical (unpaired) electrons. The Hall–Kier alpha value is -2.67. The molecule has 0 aliphatic carbocycles. The molecule has 0 saturated heterocycles. The molecule has 3 rings (SSSR count). The third kappa shape index (κ3) is 3.99. The first kappa shape index (κ1) is 16.2. The van der Waals surface area contributed by atoms with Gasteiger partial charge in [0, 0.05) is 37.1 Å². The molecule has 7 heteroatoms. The zero-order valence-electron chi connectivity index (χ0n) is 13.7. The lowest BCUT2D eigenvalue weighted by atomic mass is 10.2. The number of rotatable bonds is 5. The predicted molar refractivity (Wildman–Crippen MR) is 97.5 cm³/mol. The normalized spacial score (nSPS) is 11.5. The molecule has 0 atom stereocenters. The number of aromatic nitrogens is 3. The van der Waals surface area contributed by atoms with Gasteiger partial charge in [-0.05, 0) is 41.6 Å². The van der Waals surface area contributed by atoms with Gasteiger partial charge in [-0.15, -0.1) is 11.3 Å². The molecule has 3 aromatic rings. The SMILES string of the molecule is CN=C(NCc1ccnc(-n2ccnc2)c1)NCc1sccc1C. The Morgan fingerprint density at radius 2 is 2.12 bits per heavy atom. The van der Waals surface area contributed by atoms with Gasteiger partial charge in [-0.25, -0.2) is 9.97 Å². The Balaban J connectivity index is 1.58. The summed E-state index contributed by atoms with van der Waals surface area (Å²) in [5, 5.41) is 8.78. The fourth-order valence-electron chi connectivity index (χ4n) is 2.26. The molecule has 3 aromatic heterocycles. The fourth-order valence-corrected chi connectivity index (χ4v) is 3.11. The Morgan fingerprint density at radius 1 is 1.25 bits per heavy atom. The number of hydrogen-bond acceptors (Lipinski definition) is 4. The van der Waals surface area contributed by atoms with Gasteiger partial charge in [0.1, 0.15) is 12.1 Å². The maximum atomic E-state index is 4.36. The van der Waals surface area contributed by atoms with Crippen molar-refractivity contribution in [2.24, 2.45) is 4.99 Å². The van der Waals surface area contributed by atoms with Crippen LogP contribution in [0.3, 0.4) is 0 Å². The van der Waals surface area contributed by atoms with Crippen molar-refractivity contribution in [1.82, 2.24) is 25.2 Å². The monoisotopic (exact) mass is 340 g/mol. The van der Waals surface area contributed by atoms with Gasteiger partial charge in [-0.2, -0.15) is 0 Å². The summed E-state index contributed by atoms with van der Waals surface area (Å²) in [6.07, 6.45) is 7.16. The van der Waals surface area contributed by atoms with Crippen LogP contribution in [0.5, 0.6) is 0 Å². The first-order chi connectivity index (χ1) is 11.8. The second-order valence-corrected chi connectivity index (χ2v) is 6.30. The number of pyridine rings is 1. The van der Waals surface area contributed by atoms with Crippen LogP contribution in [0.4, 0.5) is 0 Å². The lowest BCUT2D eigenvalue weighted by Gasteiger charge is -2.12. The molecule has 0 unspecified atom stereocenters. The van der Waals surface area contributed by atoms with Crippen LogP contribution in [-0.4, -0.2) is 27.5 Å². The zero-order chi connectivity index (χ0) is 16.8. The van der Waals surface area contributed by atoms with Gasteiger partial charge in [-0.3, -0.25) is 9.56 Å². The first-order valence-corrected chi connectivity index (χ1v) is 8.55. The van der Waals surface area contributed by atoms with E-state index in [0.29, 0.717) is 6.54 Å². The zero-order valence-corrected chi connectivity index (χ0v) is 14.5. The van der Waals surface area contributed by atoms with Crippen LogP contribution in [0.1, 0.15) is 16.0 Å². The van der Waals surface area contributed by atoms with Crippen molar-refractivity contribution in [3.05, 3.63) is 64.5 Å². The van der Waals surface area contributed by atoms with Crippen molar-refractivity contribution < 1.29 is 0 Å². The highest BCUT2D eigenvalue weighted by atomic mass is 32.1. The van der Waals surface area contributed by atoms with E-state index >= 15 is 0 Å². The number of nitrogens with zero attached hydrogens (tertiary/aromatic N) is 4. The molecule has 0 fully saturated rings. The molecule has 3 heterocycles. The molecule has 0 bridgehead atoms. The van der Waals surface area contributed by atoms with Crippen LogP contribution in [-0.2, 0) is 13.1 Å². The lowest BCUT2D eigenvalue weighted by Crippen LogP contribution is -2.36. The average molecular weight is 340 g/mol. The highest BCUT2D eigenvalue weighted by Crippen LogP contribution is 2.14. The molecule has 124 valence electrons. The van der Waals surface area contributed by atoms with E-state index in [1.54, 1.807) is 37.1 Å². The molecule has 0 spiro atoms. The molecular weight excluding hydrogens is 320 g/mol. The second-order valence-electron chi connectivity index (χ2n) is 5.30. The molecular formula is C17H20N6S. The van der Waals surface area contributed by atoms with Crippen LogP contribution < -0.4 is 10.6 Å². The number of imidazole rings is 1. The van der Waals surface area contributed by atoms with Crippen LogP contribution >= 0.6 is 11.3 Å². The van der Waals surface area contributed by atoms with Gasteiger partial charge in [0.25, 0.3) is 0 Å². The maximum Gasteiger partial charge on any atom is 0.191 e. The van der Waals surface area contributed by atoms with Gasteiger partial charge < -0.3 is 10.6 Å². The minimum Gasteiger partial charge on any atom is -0.352 e. The molecule has 2 N–H and O–H groups in total. The van der Waals surface area contributed by atoms with Crippen molar-refractivity contribution in [1.29, 1.82) is 0 Å². The summed E-state index contributed by atoms with van der Waals surface area (Å²) in [5.41, 5.74) is 2.44. The number of aliphatic imine (C=N–C) groups is 1. The topological polar surface area (TPSA) is 67.1 Å². The van der Waals surface area contributed by atoms with Crippen LogP contribution in [0.15, 0.2) is 53.5 Å². The van der Waals surface area contributed by atoms with Crippen molar-refractivity contribution in [3.63, 3.8) is 0 Å². The smallest absolute Gasteiger partial charge is 0.191 e. The van der Waals surface area contributed by atoms with Gasteiger partial charge in [-0.1, -0.05) is 0 Å². The number of aryl methyl sites for hydroxylation is 1. The predicted octanol–water partition coefficient (Wildman–Crippen LogP) is 2.50. The number of thiophene rings is 1. The van der Waals surface area contributed by atoms with Gasteiger partial charge >= 0.3 is 0 Å². The summed E-state index contributed by atoms with van der Waals surface area (Å²) >= 11 is 1.75. The van der Waals surface area contributed by atoms with E-state index in [1.165, 1.54) is 10.4 Å². The summed E-state index contributed by atoms with van der Waals surface area (Å²) in [7, 11) is 1.78. The maximum absolute atomic E-state index is 4.36. The minimum absolute atomic E-state index is 0.674. The van der Waals surface area contributed by atoms with E-state index in [-0.39, 0.29) is 0 Å². The highest BCUT2D eigenvalue weighted by molar-refractivity contribution is 7.10. The fraction of sp³-hybridized carbons (Fsp3) is 0.235. The Morgan fingerprint density at radius 3 is 2.83 bits per heavy atom. The van der Waals surface area contributed by atoms with E-state index in [4.69, 9.17) is 0 Å². The number of guanidine groups is 1. The Kier molecular flexibility index (Phi) is 5.22. The number of nitrogens with one attached hydrogen (secondary N) is 2. The van der Waals surface area contributed by atoms with E-state index in [2.05, 4.69) is 44.0 Å². The van der Waals surface area contributed by atoms with Gasteiger partial charge in [0.15, 0.2) is 5.96 Å². The summed E-state index contributed by atoms with van der Waals surface area (Å²) < 4.78 is 1.89. The lowest BCUT2D eigenvalue weighted by molar-refractivity contribution is 0.810. The standard InChI is InChI=1S/C17H20N6S/c1-13-4-8-24-15(13)11-22-17(18-2)21-10-14-3-5-20-16(9-14)23-7-6-19-12-23/h3-9,12H,10-11H2,1-2H3,(H2,18,21,22). The average Bonchev–Trinajstić information content (AvgIpc) is 3.27. The summed E-state index contributed by atoms with van der Waals surface area (Å²) in [4.78, 5) is 14.0.